The molecule has 1 saturated carbocycles. The Hall–Kier alpha value is -3.92. The van der Waals surface area contributed by atoms with Gasteiger partial charge in [0.25, 0.3) is 0 Å². The maximum atomic E-state index is 10.1. The number of hydrogen-bond donors (Lipinski definition) is 4. The molecule has 224 valence electrons. The maximum absolute atomic E-state index is 10.1. The highest BCUT2D eigenvalue weighted by molar-refractivity contribution is 5.47. The zero-order valence-corrected chi connectivity index (χ0v) is 25.3. The number of aryl methyl sites for hydroxylation is 2. The standard InChI is InChI=1S/C26H36O2.2C6H6O/c1-20-18-22(12-14-24(20)27)26(23-13-15-25(28)21(2)19-23)16-10-8-6-4-3-5-7-9-11-17-26;2*7-6-4-2-1-3-5-6/h12-15,18-19,27-28H,3-11,16-17H2,1-2H3;2*1-5,7H. The van der Waals surface area contributed by atoms with Gasteiger partial charge in [-0.2, -0.15) is 0 Å². The van der Waals surface area contributed by atoms with Crippen LogP contribution in [-0.4, -0.2) is 20.4 Å². The summed E-state index contributed by atoms with van der Waals surface area (Å²) in [5.41, 5.74) is 4.46. The SMILES string of the molecule is Cc1cc(C2(c3ccc(O)c(C)c3)CCCCCCCCCCC2)ccc1O.Oc1ccccc1.Oc1ccccc1. The van der Waals surface area contributed by atoms with E-state index in [-0.39, 0.29) is 5.41 Å². The van der Waals surface area contributed by atoms with Crippen LogP contribution >= 0.6 is 0 Å². The lowest BCUT2D eigenvalue weighted by Gasteiger charge is -2.37. The average Bonchev–Trinajstić information content (AvgIpc) is 2.98. The lowest BCUT2D eigenvalue weighted by molar-refractivity contribution is 0.381. The highest BCUT2D eigenvalue weighted by Crippen LogP contribution is 2.44. The van der Waals surface area contributed by atoms with Crippen molar-refractivity contribution in [1.82, 2.24) is 0 Å². The monoisotopic (exact) mass is 568 g/mol. The molecule has 0 spiro atoms. The summed E-state index contributed by atoms with van der Waals surface area (Å²) in [5.74, 6) is 1.38. The molecule has 4 N–H and O–H groups in total. The molecule has 0 atom stereocenters. The molecule has 4 nitrogen and oxygen atoms in total. The number of rotatable bonds is 2. The predicted octanol–water partition coefficient (Wildman–Crippen LogP) is 10.1. The van der Waals surface area contributed by atoms with Crippen LogP contribution in [0.1, 0.15) is 92.9 Å². The second-order valence-electron chi connectivity index (χ2n) is 11.4. The number of aromatic hydroxyl groups is 4. The van der Waals surface area contributed by atoms with Gasteiger partial charge in [-0.3, -0.25) is 0 Å². The molecule has 4 aromatic rings. The van der Waals surface area contributed by atoms with Crippen molar-refractivity contribution in [2.24, 2.45) is 0 Å². The Morgan fingerprint density at radius 2 is 0.762 bits per heavy atom. The van der Waals surface area contributed by atoms with Gasteiger partial charge in [-0.15, -0.1) is 0 Å². The summed E-state index contributed by atoms with van der Waals surface area (Å²) in [4.78, 5) is 0. The van der Waals surface area contributed by atoms with Gasteiger partial charge in [0.05, 0.1) is 0 Å². The number of hydrogen-bond acceptors (Lipinski definition) is 4. The molecule has 4 aromatic carbocycles. The van der Waals surface area contributed by atoms with Crippen LogP contribution in [0.3, 0.4) is 0 Å². The molecule has 0 radical (unpaired) electrons. The lowest BCUT2D eigenvalue weighted by Crippen LogP contribution is -2.28. The van der Waals surface area contributed by atoms with E-state index in [0.29, 0.717) is 23.0 Å². The molecular formula is C38H48O4. The van der Waals surface area contributed by atoms with Gasteiger partial charge in [0.2, 0.25) is 0 Å². The van der Waals surface area contributed by atoms with Crippen LogP contribution in [0.25, 0.3) is 0 Å². The van der Waals surface area contributed by atoms with E-state index < -0.39 is 0 Å². The van der Waals surface area contributed by atoms with Gasteiger partial charge < -0.3 is 20.4 Å². The van der Waals surface area contributed by atoms with Crippen LogP contribution < -0.4 is 0 Å². The van der Waals surface area contributed by atoms with Gasteiger partial charge >= 0.3 is 0 Å². The predicted molar refractivity (Wildman–Crippen MR) is 173 cm³/mol. The summed E-state index contributed by atoms with van der Waals surface area (Å²) >= 11 is 0. The molecule has 0 aliphatic heterocycles. The number of benzene rings is 4. The first-order chi connectivity index (χ1) is 20.3. The molecule has 5 rings (SSSR count). The molecule has 0 aromatic heterocycles. The Morgan fingerprint density at radius 3 is 1.05 bits per heavy atom. The maximum Gasteiger partial charge on any atom is 0.118 e. The summed E-state index contributed by atoms with van der Waals surface area (Å²) < 4.78 is 0. The van der Waals surface area contributed by atoms with Gasteiger partial charge in [-0.05, 0) is 85.3 Å². The van der Waals surface area contributed by atoms with E-state index in [1.165, 1.54) is 68.9 Å². The highest BCUT2D eigenvalue weighted by atomic mass is 16.3. The van der Waals surface area contributed by atoms with Gasteiger partial charge in [-0.25, -0.2) is 0 Å². The summed E-state index contributed by atoms with van der Waals surface area (Å²) in [6.45, 7) is 3.98. The molecule has 42 heavy (non-hydrogen) atoms. The van der Waals surface area contributed by atoms with Crippen molar-refractivity contribution >= 4 is 0 Å². The van der Waals surface area contributed by atoms with Gasteiger partial charge in [0, 0.05) is 5.41 Å². The Bertz CT molecular complexity index is 1210. The lowest BCUT2D eigenvalue weighted by atomic mass is 9.67. The second kappa shape index (κ2) is 17.1. The van der Waals surface area contributed by atoms with Gasteiger partial charge in [0.1, 0.15) is 23.0 Å². The Morgan fingerprint density at radius 1 is 0.429 bits per heavy atom. The van der Waals surface area contributed by atoms with E-state index in [1.54, 1.807) is 48.5 Å². The van der Waals surface area contributed by atoms with E-state index in [2.05, 4.69) is 24.3 Å². The van der Waals surface area contributed by atoms with Crippen molar-refractivity contribution in [3.63, 3.8) is 0 Å². The molecule has 0 bridgehead atoms. The second-order valence-corrected chi connectivity index (χ2v) is 11.4. The third-order valence-corrected chi connectivity index (χ3v) is 8.22. The minimum atomic E-state index is -0.0455. The smallest absolute Gasteiger partial charge is 0.118 e. The molecule has 4 heteroatoms. The fraction of sp³-hybridized carbons (Fsp3) is 0.368. The number of phenols is 4. The summed E-state index contributed by atoms with van der Waals surface area (Å²) in [7, 11) is 0. The summed E-state index contributed by atoms with van der Waals surface area (Å²) in [6.07, 6.45) is 14.1. The fourth-order valence-electron chi connectivity index (χ4n) is 5.72. The largest absolute Gasteiger partial charge is 0.508 e. The first kappa shape index (κ1) is 32.6. The van der Waals surface area contributed by atoms with E-state index in [4.69, 9.17) is 10.2 Å². The third kappa shape index (κ3) is 10.2. The van der Waals surface area contributed by atoms with Crippen molar-refractivity contribution in [2.75, 3.05) is 0 Å². The first-order valence-corrected chi connectivity index (χ1v) is 15.4. The van der Waals surface area contributed by atoms with Gasteiger partial charge in [-0.1, -0.05) is 118 Å². The van der Waals surface area contributed by atoms with E-state index >= 15 is 0 Å². The number of phenolic OH excluding ortho intramolecular Hbond substituents is 4. The summed E-state index contributed by atoms with van der Waals surface area (Å²) in [6, 6.07) is 29.7. The van der Waals surface area contributed by atoms with Crippen LogP contribution in [0.2, 0.25) is 0 Å². The van der Waals surface area contributed by atoms with Crippen LogP contribution in [0.5, 0.6) is 23.0 Å². The molecule has 0 heterocycles. The molecule has 0 saturated heterocycles. The Balaban J connectivity index is 0.000000280. The number of para-hydroxylation sites is 2. The van der Waals surface area contributed by atoms with Crippen molar-refractivity contribution in [1.29, 1.82) is 0 Å². The van der Waals surface area contributed by atoms with Crippen LogP contribution in [-0.2, 0) is 5.41 Å². The zero-order chi connectivity index (χ0) is 30.2. The third-order valence-electron chi connectivity index (χ3n) is 8.22. The van der Waals surface area contributed by atoms with Crippen molar-refractivity contribution in [3.8, 4) is 23.0 Å². The van der Waals surface area contributed by atoms with Gasteiger partial charge in [0.15, 0.2) is 0 Å². The van der Waals surface area contributed by atoms with Crippen LogP contribution in [0.15, 0.2) is 97.1 Å². The molecule has 1 aliphatic rings. The Kier molecular flexibility index (Phi) is 13.3. The van der Waals surface area contributed by atoms with E-state index in [1.807, 2.05) is 38.1 Å². The van der Waals surface area contributed by atoms with Crippen molar-refractivity contribution in [2.45, 2.75) is 89.9 Å². The first-order valence-electron chi connectivity index (χ1n) is 15.4. The molecule has 1 fully saturated rings. The molecule has 1 aliphatic carbocycles. The normalized spacial score (nSPS) is 15.4. The summed E-state index contributed by atoms with van der Waals surface area (Å²) in [5, 5.41) is 37.5. The molecular weight excluding hydrogens is 520 g/mol. The fourth-order valence-corrected chi connectivity index (χ4v) is 5.72. The zero-order valence-electron chi connectivity index (χ0n) is 25.3. The molecule has 0 unspecified atom stereocenters. The van der Waals surface area contributed by atoms with Crippen LogP contribution in [0, 0.1) is 13.8 Å². The minimum absolute atomic E-state index is 0.0455. The molecule has 0 amide bonds. The van der Waals surface area contributed by atoms with Crippen LogP contribution in [0.4, 0.5) is 0 Å². The van der Waals surface area contributed by atoms with Crippen molar-refractivity contribution in [3.05, 3.63) is 119 Å². The minimum Gasteiger partial charge on any atom is -0.508 e. The van der Waals surface area contributed by atoms with E-state index in [0.717, 1.165) is 24.0 Å². The Labute approximate surface area is 252 Å². The van der Waals surface area contributed by atoms with E-state index in [9.17, 15) is 10.2 Å². The average molecular weight is 569 g/mol. The van der Waals surface area contributed by atoms with Crippen molar-refractivity contribution < 1.29 is 20.4 Å². The highest BCUT2D eigenvalue weighted by Gasteiger charge is 2.34. The quantitative estimate of drug-likeness (QED) is 0.194. The topological polar surface area (TPSA) is 80.9 Å².